The first-order valence-electron chi connectivity index (χ1n) is 7.90. The van der Waals surface area contributed by atoms with E-state index in [2.05, 4.69) is 20.3 Å². The van der Waals surface area contributed by atoms with Gasteiger partial charge in [0.05, 0.1) is 12.7 Å². The first kappa shape index (κ1) is 17.8. The van der Waals surface area contributed by atoms with Gasteiger partial charge >= 0.3 is 5.97 Å². The normalized spacial score (nSPS) is 10.5. The second kappa shape index (κ2) is 7.92. The lowest BCUT2D eigenvalue weighted by Gasteiger charge is -2.09. The van der Waals surface area contributed by atoms with Gasteiger partial charge in [-0.05, 0) is 42.1 Å². The molecule has 0 unspecified atom stereocenters. The van der Waals surface area contributed by atoms with E-state index in [4.69, 9.17) is 4.42 Å². The lowest BCUT2D eigenvalue weighted by atomic mass is 10.1. The van der Waals surface area contributed by atoms with Crippen LogP contribution in [0, 0.1) is 6.92 Å². The van der Waals surface area contributed by atoms with Crippen molar-refractivity contribution in [2.24, 2.45) is 0 Å². The molecule has 26 heavy (non-hydrogen) atoms. The van der Waals surface area contributed by atoms with Crippen LogP contribution in [0.4, 0.5) is 5.69 Å². The van der Waals surface area contributed by atoms with Crippen LogP contribution >= 0.6 is 11.3 Å². The van der Waals surface area contributed by atoms with Crippen LogP contribution < -0.4 is 5.32 Å². The summed E-state index contributed by atoms with van der Waals surface area (Å²) in [5.74, 6) is 0.285. The number of hydrogen-bond acceptors (Lipinski definition) is 7. The van der Waals surface area contributed by atoms with Crippen LogP contribution in [-0.2, 0) is 16.0 Å². The number of benzene rings is 1. The summed E-state index contributed by atoms with van der Waals surface area (Å²) in [6.07, 6.45) is 0.561. The van der Waals surface area contributed by atoms with Crippen LogP contribution in [0.1, 0.15) is 28.2 Å². The maximum atomic E-state index is 12.2. The number of hydrogen-bond donors (Lipinski definition) is 1. The molecule has 0 atom stereocenters. The molecule has 2 aromatic heterocycles. The van der Waals surface area contributed by atoms with Crippen molar-refractivity contribution in [3.8, 4) is 11.5 Å². The number of aromatic nitrogens is 2. The summed E-state index contributed by atoms with van der Waals surface area (Å²) in [5, 5.41) is 14.6. The Bertz CT molecular complexity index is 918. The smallest absolute Gasteiger partial charge is 0.337 e. The first-order chi connectivity index (χ1) is 12.6. The molecule has 3 rings (SSSR count). The topological polar surface area (TPSA) is 94.3 Å². The molecular weight excluding hydrogens is 354 g/mol. The molecule has 0 saturated carbocycles. The maximum absolute atomic E-state index is 12.2. The summed E-state index contributed by atoms with van der Waals surface area (Å²) >= 11 is 1.55. The molecule has 0 radical (unpaired) electrons. The Morgan fingerprint density at radius 1 is 1.27 bits per heavy atom. The molecule has 1 N–H and O–H groups in total. The number of thiophene rings is 1. The van der Waals surface area contributed by atoms with Gasteiger partial charge < -0.3 is 14.5 Å². The molecule has 0 aliphatic carbocycles. The van der Waals surface area contributed by atoms with Crippen LogP contribution in [0.5, 0.6) is 0 Å². The van der Waals surface area contributed by atoms with Gasteiger partial charge in [-0.3, -0.25) is 4.79 Å². The van der Waals surface area contributed by atoms with Gasteiger partial charge in [-0.25, -0.2) is 4.79 Å². The highest BCUT2D eigenvalue weighted by Crippen LogP contribution is 2.21. The van der Waals surface area contributed by atoms with Gasteiger partial charge in [-0.1, -0.05) is 0 Å². The van der Waals surface area contributed by atoms with Crippen molar-refractivity contribution in [1.82, 2.24) is 10.2 Å². The lowest BCUT2D eigenvalue weighted by Crippen LogP contribution is -2.13. The molecule has 3 aromatic rings. The molecule has 0 aliphatic heterocycles. The summed E-state index contributed by atoms with van der Waals surface area (Å²) in [4.78, 5) is 23.7. The molecule has 0 spiro atoms. The number of ether oxygens (including phenoxy) is 1. The zero-order valence-corrected chi connectivity index (χ0v) is 15.1. The third kappa shape index (κ3) is 4.15. The van der Waals surface area contributed by atoms with Crippen molar-refractivity contribution in [2.45, 2.75) is 19.8 Å². The van der Waals surface area contributed by atoms with Crippen LogP contribution in [0.25, 0.3) is 11.5 Å². The summed E-state index contributed by atoms with van der Waals surface area (Å²) < 4.78 is 10.2. The monoisotopic (exact) mass is 371 g/mol. The number of carbonyl (C=O) groups excluding carboxylic acids is 2. The zero-order chi connectivity index (χ0) is 18.5. The summed E-state index contributed by atoms with van der Waals surface area (Å²) in [5.41, 5.74) is 2.74. The van der Waals surface area contributed by atoms with E-state index in [0.717, 1.165) is 11.1 Å². The molecule has 0 bridgehead atoms. The van der Waals surface area contributed by atoms with Crippen LogP contribution in [0.15, 0.2) is 39.4 Å². The fourth-order valence-corrected chi connectivity index (χ4v) is 2.97. The molecule has 1 aromatic carbocycles. The van der Waals surface area contributed by atoms with Crippen molar-refractivity contribution in [3.05, 3.63) is 52.0 Å². The van der Waals surface area contributed by atoms with Crippen molar-refractivity contribution < 1.29 is 18.7 Å². The van der Waals surface area contributed by atoms with Crippen molar-refractivity contribution in [2.75, 3.05) is 12.4 Å². The van der Waals surface area contributed by atoms with E-state index in [-0.39, 0.29) is 12.3 Å². The predicted molar refractivity (Wildman–Crippen MR) is 97.1 cm³/mol. The number of carbonyl (C=O) groups is 2. The molecule has 2 heterocycles. The Labute approximate surface area is 154 Å². The number of nitrogens with zero attached hydrogens (tertiary/aromatic N) is 2. The fraction of sp³-hybridized carbons (Fsp3) is 0.222. The number of nitrogens with one attached hydrogen (secondary N) is 1. The van der Waals surface area contributed by atoms with E-state index in [1.54, 1.807) is 29.5 Å². The average Bonchev–Trinajstić information content (AvgIpc) is 3.32. The minimum absolute atomic E-state index is 0.172. The molecule has 1 amide bonds. The largest absolute Gasteiger partial charge is 0.465 e. The van der Waals surface area contributed by atoms with Crippen LogP contribution in [-0.4, -0.2) is 29.2 Å². The van der Waals surface area contributed by atoms with Crippen LogP contribution in [0.2, 0.25) is 0 Å². The Morgan fingerprint density at radius 3 is 2.81 bits per heavy atom. The summed E-state index contributed by atoms with van der Waals surface area (Å²) in [6, 6.07) is 6.86. The number of methoxy groups -OCH3 is 1. The Morgan fingerprint density at radius 2 is 2.12 bits per heavy atom. The Balaban J connectivity index is 1.57. The minimum Gasteiger partial charge on any atom is -0.465 e. The van der Waals surface area contributed by atoms with Gasteiger partial charge in [0.25, 0.3) is 0 Å². The molecule has 0 aliphatic rings. The SMILES string of the molecule is COC(=O)c1ccc(NC(=O)CCc2nnc(-c3ccsc3)o2)c(C)c1. The second-order valence-electron chi connectivity index (χ2n) is 5.58. The number of esters is 1. The lowest BCUT2D eigenvalue weighted by molar-refractivity contribution is -0.116. The van der Waals surface area contributed by atoms with Crippen molar-refractivity contribution in [1.29, 1.82) is 0 Å². The average molecular weight is 371 g/mol. The van der Waals surface area contributed by atoms with E-state index < -0.39 is 5.97 Å². The molecule has 8 heteroatoms. The highest BCUT2D eigenvalue weighted by Gasteiger charge is 2.13. The van der Waals surface area contributed by atoms with E-state index in [1.807, 2.05) is 23.8 Å². The molecule has 134 valence electrons. The third-order valence-electron chi connectivity index (χ3n) is 3.72. The standard InChI is InChI=1S/C18H17N3O4S/c1-11-9-12(18(23)24-2)3-4-14(11)19-15(22)5-6-16-20-21-17(25-16)13-7-8-26-10-13/h3-4,7-10H,5-6H2,1-2H3,(H,19,22). The van der Waals surface area contributed by atoms with Gasteiger partial charge in [0.15, 0.2) is 0 Å². The molecular formula is C18H17N3O4S. The predicted octanol–water partition coefficient (Wildman–Crippen LogP) is 3.46. The minimum atomic E-state index is -0.413. The van der Waals surface area contributed by atoms with Crippen LogP contribution in [0.3, 0.4) is 0 Å². The third-order valence-corrected chi connectivity index (χ3v) is 4.41. The van der Waals surface area contributed by atoms with Gasteiger partial charge in [0, 0.05) is 29.5 Å². The van der Waals surface area contributed by atoms with Gasteiger partial charge in [-0.2, -0.15) is 11.3 Å². The van der Waals surface area contributed by atoms with E-state index >= 15 is 0 Å². The number of amides is 1. The quantitative estimate of drug-likeness (QED) is 0.667. The van der Waals surface area contributed by atoms with Gasteiger partial charge in [-0.15, -0.1) is 10.2 Å². The van der Waals surface area contributed by atoms with E-state index in [0.29, 0.717) is 29.5 Å². The number of aryl methyl sites for hydroxylation is 2. The van der Waals surface area contributed by atoms with E-state index in [9.17, 15) is 9.59 Å². The Kier molecular flexibility index (Phi) is 5.43. The molecule has 0 saturated heterocycles. The first-order valence-corrected chi connectivity index (χ1v) is 8.85. The number of anilines is 1. The van der Waals surface area contributed by atoms with Crippen molar-refractivity contribution in [3.63, 3.8) is 0 Å². The van der Waals surface area contributed by atoms with Gasteiger partial charge in [0.1, 0.15) is 0 Å². The number of rotatable bonds is 6. The summed E-state index contributed by atoms with van der Waals surface area (Å²) in [7, 11) is 1.33. The molecule has 0 fully saturated rings. The second-order valence-corrected chi connectivity index (χ2v) is 6.36. The Hall–Kier alpha value is -3.00. The van der Waals surface area contributed by atoms with E-state index in [1.165, 1.54) is 7.11 Å². The summed E-state index contributed by atoms with van der Waals surface area (Å²) in [6.45, 7) is 1.81. The fourth-order valence-electron chi connectivity index (χ4n) is 2.34. The highest BCUT2D eigenvalue weighted by molar-refractivity contribution is 7.08. The molecule has 7 nitrogen and oxygen atoms in total. The van der Waals surface area contributed by atoms with Crippen molar-refractivity contribution >= 4 is 28.9 Å². The maximum Gasteiger partial charge on any atom is 0.337 e. The van der Waals surface area contributed by atoms with Gasteiger partial charge in [0.2, 0.25) is 17.7 Å². The zero-order valence-electron chi connectivity index (χ0n) is 14.3. The highest BCUT2D eigenvalue weighted by atomic mass is 32.1.